The van der Waals surface area contributed by atoms with Crippen molar-refractivity contribution < 1.29 is 4.79 Å². The molecule has 1 aliphatic rings. The van der Waals surface area contributed by atoms with Crippen molar-refractivity contribution in [3.8, 4) is 11.8 Å². The number of amides is 1. The van der Waals surface area contributed by atoms with Crippen molar-refractivity contribution in [2.45, 2.75) is 31.7 Å². The standard InChI is InChI=1S/C18H19N3O2/c22-17(16-13-19-18(23)20-16)21(15-10-4-5-11-15)12-6-9-14-7-2-1-3-8-14/h1-3,7-8,13,15H,4-5,10-12H2,(H2,19,20,23). The molecule has 2 aromatic rings. The third-order valence-electron chi connectivity index (χ3n) is 4.11. The van der Waals surface area contributed by atoms with Gasteiger partial charge in [-0.25, -0.2) is 4.79 Å². The largest absolute Gasteiger partial charge is 0.323 e. The number of nitrogens with one attached hydrogen (secondary N) is 2. The molecule has 2 N–H and O–H groups in total. The lowest BCUT2D eigenvalue weighted by molar-refractivity contribution is 0.0705. The molecule has 1 aromatic heterocycles. The molecule has 0 atom stereocenters. The van der Waals surface area contributed by atoms with Crippen molar-refractivity contribution in [3.05, 3.63) is 58.3 Å². The highest BCUT2D eigenvalue weighted by Gasteiger charge is 2.27. The van der Waals surface area contributed by atoms with Gasteiger partial charge in [-0.15, -0.1) is 0 Å². The molecule has 3 rings (SSSR count). The molecule has 1 fully saturated rings. The normalized spacial score (nSPS) is 14.3. The number of carbonyl (C=O) groups excluding carboxylic acids is 1. The third kappa shape index (κ3) is 3.72. The van der Waals surface area contributed by atoms with Crippen LogP contribution in [0.1, 0.15) is 41.7 Å². The summed E-state index contributed by atoms with van der Waals surface area (Å²) in [6.45, 7) is 0.367. The highest BCUT2D eigenvalue weighted by Crippen LogP contribution is 2.24. The number of aromatic amines is 2. The van der Waals surface area contributed by atoms with Crippen LogP contribution in [-0.2, 0) is 0 Å². The topological polar surface area (TPSA) is 69.0 Å². The molecule has 1 heterocycles. The van der Waals surface area contributed by atoms with Crippen molar-refractivity contribution in [2.24, 2.45) is 0 Å². The summed E-state index contributed by atoms with van der Waals surface area (Å²) in [5.41, 5.74) is 0.861. The lowest BCUT2D eigenvalue weighted by atomic mass is 10.2. The molecule has 5 nitrogen and oxygen atoms in total. The highest BCUT2D eigenvalue weighted by molar-refractivity contribution is 5.92. The zero-order chi connectivity index (χ0) is 16.1. The van der Waals surface area contributed by atoms with Gasteiger partial charge in [0.2, 0.25) is 0 Å². The molecule has 1 amide bonds. The van der Waals surface area contributed by atoms with Gasteiger partial charge in [0.1, 0.15) is 5.69 Å². The lowest BCUT2D eigenvalue weighted by Crippen LogP contribution is -2.39. The molecular weight excluding hydrogens is 290 g/mol. The zero-order valence-electron chi connectivity index (χ0n) is 12.8. The van der Waals surface area contributed by atoms with Gasteiger partial charge in [-0.05, 0) is 25.0 Å². The van der Waals surface area contributed by atoms with Crippen LogP contribution in [0.15, 0.2) is 41.3 Å². The molecule has 0 bridgehead atoms. The van der Waals surface area contributed by atoms with Crippen LogP contribution in [-0.4, -0.2) is 33.4 Å². The van der Waals surface area contributed by atoms with Gasteiger partial charge >= 0.3 is 5.69 Å². The predicted octanol–water partition coefficient (Wildman–Crippen LogP) is 2.14. The number of rotatable bonds is 3. The molecule has 0 unspecified atom stereocenters. The van der Waals surface area contributed by atoms with Crippen LogP contribution in [0.4, 0.5) is 0 Å². The average molecular weight is 309 g/mol. The van der Waals surface area contributed by atoms with Gasteiger partial charge in [0.25, 0.3) is 5.91 Å². The summed E-state index contributed by atoms with van der Waals surface area (Å²) >= 11 is 0. The Labute approximate surface area is 134 Å². The molecule has 0 aliphatic heterocycles. The van der Waals surface area contributed by atoms with Crippen molar-refractivity contribution in [2.75, 3.05) is 6.54 Å². The van der Waals surface area contributed by atoms with E-state index in [1.54, 1.807) is 4.90 Å². The Morgan fingerprint density at radius 1 is 1.22 bits per heavy atom. The maximum Gasteiger partial charge on any atom is 0.323 e. The molecule has 23 heavy (non-hydrogen) atoms. The first-order chi connectivity index (χ1) is 11.2. The summed E-state index contributed by atoms with van der Waals surface area (Å²) in [6, 6.07) is 9.91. The summed E-state index contributed by atoms with van der Waals surface area (Å²) in [4.78, 5) is 30.7. The smallest absolute Gasteiger partial charge is 0.323 e. The Kier molecular flexibility index (Phi) is 4.62. The second kappa shape index (κ2) is 7.01. The average Bonchev–Trinajstić information content (AvgIpc) is 3.24. The van der Waals surface area contributed by atoms with Crippen molar-refractivity contribution >= 4 is 5.91 Å². The monoisotopic (exact) mass is 309 g/mol. The molecule has 0 spiro atoms. The van der Waals surface area contributed by atoms with Crippen LogP contribution in [0.25, 0.3) is 0 Å². The van der Waals surface area contributed by atoms with E-state index in [1.807, 2.05) is 30.3 Å². The van der Waals surface area contributed by atoms with Crippen LogP contribution in [0.5, 0.6) is 0 Å². The van der Waals surface area contributed by atoms with Crippen LogP contribution in [0.2, 0.25) is 0 Å². The van der Waals surface area contributed by atoms with Gasteiger partial charge in [0.15, 0.2) is 0 Å². The minimum absolute atomic E-state index is 0.169. The minimum Gasteiger partial charge on any atom is -0.323 e. The summed E-state index contributed by atoms with van der Waals surface area (Å²) in [5.74, 6) is 6.01. The number of aromatic nitrogens is 2. The van der Waals surface area contributed by atoms with Gasteiger partial charge < -0.3 is 14.9 Å². The van der Waals surface area contributed by atoms with Gasteiger partial charge in [-0.3, -0.25) is 4.79 Å². The molecular formula is C18H19N3O2. The van der Waals surface area contributed by atoms with Gasteiger partial charge in [-0.2, -0.15) is 0 Å². The van der Waals surface area contributed by atoms with Gasteiger partial charge in [0.05, 0.1) is 6.54 Å². The van der Waals surface area contributed by atoms with Crippen LogP contribution in [0, 0.1) is 11.8 Å². The second-order valence-corrected chi connectivity index (χ2v) is 5.70. The van der Waals surface area contributed by atoms with E-state index in [4.69, 9.17) is 0 Å². The predicted molar refractivity (Wildman–Crippen MR) is 88.0 cm³/mol. The molecule has 0 saturated heterocycles. The molecule has 1 saturated carbocycles. The van der Waals surface area contributed by atoms with E-state index in [0.717, 1.165) is 31.2 Å². The summed E-state index contributed by atoms with van der Waals surface area (Å²) in [6.07, 6.45) is 5.67. The van der Waals surface area contributed by atoms with Crippen molar-refractivity contribution in [1.82, 2.24) is 14.9 Å². The lowest BCUT2D eigenvalue weighted by Gasteiger charge is -2.26. The number of hydrogen-bond donors (Lipinski definition) is 2. The SMILES string of the molecule is O=C(c1c[nH]c(=O)[nH]1)N(CC#Cc1ccccc1)C1CCCC1. The Balaban J connectivity index is 1.77. The van der Waals surface area contributed by atoms with E-state index in [1.165, 1.54) is 6.20 Å². The van der Waals surface area contributed by atoms with Crippen LogP contribution < -0.4 is 5.69 Å². The van der Waals surface area contributed by atoms with Crippen molar-refractivity contribution in [1.29, 1.82) is 0 Å². The fourth-order valence-electron chi connectivity index (χ4n) is 2.93. The van der Waals surface area contributed by atoms with Gasteiger partial charge in [-0.1, -0.05) is 42.9 Å². The fourth-order valence-corrected chi connectivity index (χ4v) is 2.93. The second-order valence-electron chi connectivity index (χ2n) is 5.70. The number of nitrogens with zero attached hydrogens (tertiary/aromatic N) is 1. The number of hydrogen-bond acceptors (Lipinski definition) is 2. The molecule has 1 aromatic carbocycles. The first-order valence-electron chi connectivity index (χ1n) is 7.86. The Hall–Kier alpha value is -2.74. The maximum atomic E-state index is 12.7. The van der Waals surface area contributed by atoms with Crippen LogP contribution in [0.3, 0.4) is 0 Å². The summed E-state index contributed by atoms with van der Waals surface area (Å²) < 4.78 is 0. The highest BCUT2D eigenvalue weighted by atomic mass is 16.2. The van der Waals surface area contributed by atoms with E-state index in [2.05, 4.69) is 21.8 Å². The van der Waals surface area contributed by atoms with Gasteiger partial charge in [0, 0.05) is 17.8 Å². The van der Waals surface area contributed by atoms with E-state index < -0.39 is 0 Å². The minimum atomic E-state index is -0.366. The number of carbonyl (C=O) groups is 1. The molecule has 5 heteroatoms. The Morgan fingerprint density at radius 3 is 2.61 bits per heavy atom. The summed E-state index contributed by atoms with van der Waals surface area (Å²) in [5, 5.41) is 0. The number of H-pyrrole nitrogens is 2. The van der Waals surface area contributed by atoms with E-state index in [9.17, 15) is 9.59 Å². The Bertz CT molecular complexity index is 774. The first-order valence-corrected chi connectivity index (χ1v) is 7.86. The molecule has 0 radical (unpaired) electrons. The van der Waals surface area contributed by atoms with E-state index >= 15 is 0 Å². The Morgan fingerprint density at radius 2 is 1.96 bits per heavy atom. The first kappa shape index (κ1) is 15.2. The quantitative estimate of drug-likeness (QED) is 0.853. The third-order valence-corrected chi connectivity index (χ3v) is 4.11. The maximum absolute atomic E-state index is 12.7. The molecule has 1 aliphatic carbocycles. The van der Waals surface area contributed by atoms with Crippen molar-refractivity contribution in [3.63, 3.8) is 0 Å². The number of benzene rings is 1. The fraction of sp³-hybridized carbons (Fsp3) is 0.333. The van der Waals surface area contributed by atoms with Crippen LogP contribution >= 0.6 is 0 Å². The van der Waals surface area contributed by atoms with E-state index in [-0.39, 0.29) is 17.6 Å². The zero-order valence-corrected chi connectivity index (χ0v) is 12.8. The van der Waals surface area contributed by atoms with E-state index in [0.29, 0.717) is 12.2 Å². The summed E-state index contributed by atoms with van der Waals surface area (Å²) in [7, 11) is 0. The molecule has 118 valence electrons. The number of imidazole rings is 1.